The number of hydrogen-bond donors (Lipinski definition) is 1. The van der Waals surface area contributed by atoms with Crippen molar-refractivity contribution in [3.05, 3.63) is 89.2 Å². The van der Waals surface area contributed by atoms with E-state index in [-0.39, 0.29) is 18.4 Å². The van der Waals surface area contributed by atoms with Crippen molar-refractivity contribution in [1.82, 2.24) is 9.55 Å². The number of halogens is 1. The first kappa shape index (κ1) is 22.4. The molecule has 34 heavy (non-hydrogen) atoms. The Kier molecular flexibility index (Phi) is 6.26. The predicted molar refractivity (Wildman–Crippen MR) is 134 cm³/mol. The van der Waals surface area contributed by atoms with Crippen LogP contribution in [-0.2, 0) is 11.3 Å². The minimum absolute atomic E-state index is 0.0502. The van der Waals surface area contributed by atoms with Crippen molar-refractivity contribution < 1.29 is 14.6 Å². The highest BCUT2D eigenvalue weighted by Crippen LogP contribution is 2.33. The number of rotatable bonds is 7. The van der Waals surface area contributed by atoms with Crippen LogP contribution in [0.15, 0.2) is 72.8 Å². The van der Waals surface area contributed by atoms with E-state index in [1.807, 2.05) is 72.2 Å². The first-order chi connectivity index (χ1) is 16.5. The fraction of sp³-hybridized carbons (Fsp3) is 0.259. The van der Waals surface area contributed by atoms with Crippen molar-refractivity contribution in [2.45, 2.75) is 31.9 Å². The number of para-hydroxylation sites is 2. The van der Waals surface area contributed by atoms with E-state index in [1.165, 1.54) is 0 Å². The molecule has 1 saturated heterocycles. The van der Waals surface area contributed by atoms with Gasteiger partial charge in [-0.15, -0.1) is 0 Å². The molecule has 0 spiro atoms. The molecule has 2 atom stereocenters. The lowest BCUT2D eigenvalue weighted by Gasteiger charge is -2.19. The van der Waals surface area contributed by atoms with Gasteiger partial charge in [0.15, 0.2) is 0 Å². The van der Waals surface area contributed by atoms with Gasteiger partial charge in [-0.1, -0.05) is 35.9 Å². The van der Waals surface area contributed by atoms with Gasteiger partial charge < -0.3 is 19.3 Å². The van der Waals surface area contributed by atoms with Crippen LogP contribution >= 0.6 is 11.6 Å². The summed E-state index contributed by atoms with van der Waals surface area (Å²) >= 11 is 6.02. The fourth-order valence-corrected chi connectivity index (χ4v) is 4.64. The molecule has 0 aliphatic carbocycles. The summed E-state index contributed by atoms with van der Waals surface area (Å²) in [5, 5.41) is 11.5. The second-order valence-electron chi connectivity index (χ2n) is 8.73. The zero-order valence-corrected chi connectivity index (χ0v) is 19.7. The summed E-state index contributed by atoms with van der Waals surface area (Å²) < 4.78 is 7.85. The number of aryl methyl sites for hydroxylation is 1. The van der Waals surface area contributed by atoms with E-state index in [9.17, 15) is 9.90 Å². The smallest absolute Gasteiger partial charge is 0.227 e. The van der Waals surface area contributed by atoms with Crippen LogP contribution in [0.4, 0.5) is 5.69 Å². The molecule has 2 heterocycles. The number of anilines is 1. The molecule has 3 aromatic carbocycles. The molecular weight excluding hydrogens is 450 g/mol. The molecule has 0 bridgehead atoms. The molecule has 1 aromatic heterocycles. The van der Waals surface area contributed by atoms with Gasteiger partial charge in [-0.2, -0.15) is 0 Å². The van der Waals surface area contributed by atoms with E-state index in [1.54, 1.807) is 17.0 Å². The molecule has 6 nitrogen and oxygen atoms in total. The summed E-state index contributed by atoms with van der Waals surface area (Å²) in [7, 11) is 0. The summed E-state index contributed by atoms with van der Waals surface area (Å²) in [6.07, 6.45) is -0.372. The van der Waals surface area contributed by atoms with Gasteiger partial charge in [0.1, 0.15) is 24.3 Å². The van der Waals surface area contributed by atoms with Gasteiger partial charge >= 0.3 is 0 Å². The molecular formula is C27H26ClN3O3. The predicted octanol–water partition coefficient (Wildman–Crippen LogP) is 4.96. The zero-order chi connectivity index (χ0) is 23.7. The van der Waals surface area contributed by atoms with Gasteiger partial charge in [0.2, 0.25) is 5.91 Å². The highest BCUT2D eigenvalue weighted by atomic mass is 35.5. The van der Waals surface area contributed by atoms with Crippen LogP contribution in [-0.4, -0.2) is 39.8 Å². The van der Waals surface area contributed by atoms with Gasteiger partial charge in [0, 0.05) is 29.6 Å². The van der Waals surface area contributed by atoms with Gasteiger partial charge in [0.25, 0.3) is 0 Å². The topological polar surface area (TPSA) is 67.6 Å². The first-order valence-electron chi connectivity index (χ1n) is 11.4. The van der Waals surface area contributed by atoms with Crippen LogP contribution in [0.2, 0.25) is 5.02 Å². The third kappa shape index (κ3) is 4.65. The molecule has 0 saturated carbocycles. The number of nitrogens with zero attached hydrogens (tertiary/aromatic N) is 3. The van der Waals surface area contributed by atoms with E-state index in [2.05, 4.69) is 0 Å². The lowest BCUT2D eigenvalue weighted by Crippen LogP contribution is -2.26. The molecule has 1 N–H and O–H groups in total. The van der Waals surface area contributed by atoms with E-state index >= 15 is 0 Å². The van der Waals surface area contributed by atoms with Crippen molar-refractivity contribution in [1.29, 1.82) is 0 Å². The summed E-state index contributed by atoms with van der Waals surface area (Å²) in [6, 6.07) is 22.9. The van der Waals surface area contributed by atoms with Crippen LogP contribution in [0, 0.1) is 6.92 Å². The summed E-state index contributed by atoms with van der Waals surface area (Å²) in [5.74, 6) is 1.50. The number of ether oxygens (including phenoxy) is 1. The summed E-state index contributed by atoms with van der Waals surface area (Å²) in [6.45, 7) is 3.02. The second kappa shape index (κ2) is 9.49. The van der Waals surface area contributed by atoms with Crippen molar-refractivity contribution in [2.24, 2.45) is 0 Å². The van der Waals surface area contributed by atoms with Crippen molar-refractivity contribution >= 4 is 34.2 Å². The van der Waals surface area contributed by atoms with Crippen LogP contribution < -0.4 is 9.64 Å². The molecule has 5 rings (SSSR count). The number of aromatic nitrogens is 2. The van der Waals surface area contributed by atoms with Crippen LogP contribution in [0.5, 0.6) is 5.75 Å². The maximum Gasteiger partial charge on any atom is 0.227 e. The molecule has 1 amide bonds. The van der Waals surface area contributed by atoms with Crippen LogP contribution in [0.25, 0.3) is 11.0 Å². The Morgan fingerprint density at radius 3 is 2.71 bits per heavy atom. The number of benzene rings is 3. The Morgan fingerprint density at radius 2 is 1.91 bits per heavy atom. The molecule has 1 aliphatic rings. The Labute approximate surface area is 203 Å². The minimum atomic E-state index is -0.735. The molecule has 0 radical (unpaired) electrons. The van der Waals surface area contributed by atoms with Gasteiger partial charge in [-0.05, 0) is 61.0 Å². The molecule has 4 aromatic rings. The maximum absolute atomic E-state index is 12.9. The number of carbonyl (C=O) groups is 1. The maximum atomic E-state index is 12.9. The number of imidazole rings is 1. The van der Waals surface area contributed by atoms with Crippen LogP contribution in [0.3, 0.4) is 0 Å². The zero-order valence-electron chi connectivity index (χ0n) is 18.9. The summed E-state index contributed by atoms with van der Waals surface area (Å²) in [5.41, 5.74) is 3.71. The highest BCUT2D eigenvalue weighted by molar-refractivity contribution is 6.30. The summed E-state index contributed by atoms with van der Waals surface area (Å²) in [4.78, 5) is 19.5. The quantitative estimate of drug-likeness (QED) is 0.410. The molecule has 174 valence electrons. The molecule has 1 fully saturated rings. The van der Waals surface area contributed by atoms with E-state index in [0.717, 1.165) is 33.9 Å². The van der Waals surface area contributed by atoms with Crippen molar-refractivity contribution in [3.8, 4) is 5.75 Å². The van der Waals surface area contributed by atoms with Gasteiger partial charge in [-0.3, -0.25) is 4.79 Å². The third-order valence-corrected chi connectivity index (χ3v) is 6.39. The van der Waals surface area contributed by atoms with Crippen molar-refractivity contribution in [3.63, 3.8) is 0 Å². The first-order valence-corrected chi connectivity index (χ1v) is 11.7. The SMILES string of the molecule is Cc1cccc(OC[C@@H](O)Cn2c([C@H]3CC(=O)N(c4ccc(Cl)cc4)C3)nc3ccccc32)c1. The van der Waals surface area contributed by atoms with Crippen molar-refractivity contribution in [2.75, 3.05) is 18.1 Å². The minimum Gasteiger partial charge on any atom is -0.491 e. The number of fused-ring (bicyclic) bond motifs is 1. The van der Waals surface area contributed by atoms with Gasteiger partial charge in [0.05, 0.1) is 17.6 Å². The Bertz CT molecular complexity index is 1320. The monoisotopic (exact) mass is 475 g/mol. The average Bonchev–Trinajstić information content (AvgIpc) is 3.39. The van der Waals surface area contributed by atoms with E-state index in [0.29, 0.717) is 24.5 Å². The number of aliphatic hydroxyl groups excluding tert-OH is 1. The number of hydrogen-bond acceptors (Lipinski definition) is 4. The number of carbonyl (C=O) groups excluding carboxylic acids is 1. The second-order valence-corrected chi connectivity index (χ2v) is 9.17. The standard InChI is InChI=1S/C27H26ClN3O3/c1-18-5-4-6-23(13-18)34-17-22(32)16-31-25-8-3-2-7-24(25)29-27(31)19-14-26(33)30(15-19)21-11-9-20(28)10-12-21/h2-13,19,22,32H,14-17H2,1H3/t19-,22-/m0/s1. The molecule has 0 unspecified atom stereocenters. The normalized spacial score (nSPS) is 16.9. The van der Waals surface area contributed by atoms with E-state index < -0.39 is 6.10 Å². The average molecular weight is 476 g/mol. The number of amides is 1. The fourth-order valence-electron chi connectivity index (χ4n) is 4.51. The Balaban J connectivity index is 1.38. The Morgan fingerprint density at radius 1 is 1.12 bits per heavy atom. The lowest BCUT2D eigenvalue weighted by molar-refractivity contribution is -0.117. The molecule has 7 heteroatoms. The highest BCUT2D eigenvalue weighted by Gasteiger charge is 2.35. The van der Waals surface area contributed by atoms with Crippen LogP contribution in [0.1, 0.15) is 23.7 Å². The molecule has 1 aliphatic heterocycles. The Hall–Kier alpha value is -3.35. The largest absolute Gasteiger partial charge is 0.491 e. The van der Waals surface area contributed by atoms with E-state index in [4.69, 9.17) is 21.3 Å². The van der Waals surface area contributed by atoms with Gasteiger partial charge in [-0.25, -0.2) is 4.98 Å². The third-order valence-electron chi connectivity index (χ3n) is 6.14. The lowest BCUT2D eigenvalue weighted by atomic mass is 10.1. The number of aliphatic hydroxyl groups is 1.